The molecule has 0 saturated heterocycles. The van der Waals surface area contributed by atoms with Gasteiger partial charge in [0.25, 0.3) is 5.91 Å². The van der Waals surface area contributed by atoms with Crippen LogP contribution in [0.4, 0.5) is 5.13 Å². The fourth-order valence-electron chi connectivity index (χ4n) is 3.76. The van der Waals surface area contributed by atoms with E-state index in [0.29, 0.717) is 39.2 Å². The third kappa shape index (κ3) is 4.71. The SMILES string of the molecule is COc1ccc(OC)c2sc(N(Cc3ccccn3)C(=O)c3ccccc3Oc3ccccc3)nc12. The third-order valence-electron chi connectivity index (χ3n) is 5.51. The van der Waals surface area contributed by atoms with Crippen molar-refractivity contribution >= 4 is 32.6 Å². The molecule has 180 valence electrons. The number of anilines is 1. The molecule has 2 heterocycles. The number of pyridine rings is 1. The summed E-state index contributed by atoms with van der Waals surface area (Å²) in [6.45, 7) is 0.226. The van der Waals surface area contributed by atoms with E-state index in [1.165, 1.54) is 11.3 Å². The van der Waals surface area contributed by atoms with Gasteiger partial charge in [0.1, 0.15) is 33.2 Å². The molecule has 0 unspecified atom stereocenters. The van der Waals surface area contributed by atoms with Crippen molar-refractivity contribution in [1.29, 1.82) is 0 Å². The van der Waals surface area contributed by atoms with Crippen LogP contribution in [-0.4, -0.2) is 30.1 Å². The summed E-state index contributed by atoms with van der Waals surface area (Å²) in [6.07, 6.45) is 1.70. The van der Waals surface area contributed by atoms with Crippen molar-refractivity contribution in [3.05, 3.63) is 102 Å². The van der Waals surface area contributed by atoms with Crippen LogP contribution in [0.25, 0.3) is 10.2 Å². The molecule has 0 aliphatic rings. The summed E-state index contributed by atoms with van der Waals surface area (Å²) in [4.78, 5) is 24.9. The first-order chi connectivity index (χ1) is 17.7. The van der Waals surface area contributed by atoms with Crippen molar-refractivity contribution in [2.75, 3.05) is 19.1 Å². The van der Waals surface area contributed by atoms with E-state index in [-0.39, 0.29) is 12.5 Å². The molecular weight excluding hydrogens is 474 g/mol. The lowest BCUT2D eigenvalue weighted by Crippen LogP contribution is -2.31. The molecule has 5 rings (SSSR count). The Balaban J connectivity index is 1.60. The number of para-hydroxylation sites is 2. The van der Waals surface area contributed by atoms with Crippen LogP contribution in [0.3, 0.4) is 0 Å². The number of thiazole rings is 1. The number of hydrogen-bond acceptors (Lipinski definition) is 7. The van der Waals surface area contributed by atoms with Crippen LogP contribution >= 0.6 is 11.3 Å². The van der Waals surface area contributed by atoms with Gasteiger partial charge in [0.2, 0.25) is 0 Å². The highest BCUT2D eigenvalue weighted by Crippen LogP contribution is 2.41. The number of rotatable bonds is 8. The Kier molecular flexibility index (Phi) is 6.77. The maximum Gasteiger partial charge on any atom is 0.264 e. The predicted octanol–water partition coefficient (Wildman–Crippen LogP) is 6.35. The van der Waals surface area contributed by atoms with Crippen molar-refractivity contribution in [3.63, 3.8) is 0 Å². The zero-order chi connectivity index (χ0) is 24.9. The van der Waals surface area contributed by atoms with E-state index < -0.39 is 0 Å². The van der Waals surface area contributed by atoms with Gasteiger partial charge in [-0.05, 0) is 48.5 Å². The molecule has 0 radical (unpaired) electrons. The standard InChI is InChI=1S/C28H23N3O4S/c1-33-23-15-16-24(34-2)26-25(23)30-28(36-26)31(18-19-10-8-9-17-29-19)27(32)21-13-6-7-14-22(21)35-20-11-4-3-5-12-20/h3-17H,18H2,1-2H3. The molecule has 0 bridgehead atoms. The Morgan fingerprint density at radius 3 is 2.31 bits per heavy atom. The number of carbonyl (C=O) groups is 1. The molecule has 0 N–H and O–H groups in total. The molecule has 0 saturated carbocycles. The van der Waals surface area contributed by atoms with Crippen LogP contribution in [0.15, 0.2) is 91.1 Å². The minimum atomic E-state index is -0.260. The Labute approximate surface area is 212 Å². The molecule has 1 amide bonds. The smallest absolute Gasteiger partial charge is 0.264 e. The van der Waals surface area contributed by atoms with Crippen molar-refractivity contribution in [2.45, 2.75) is 6.54 Å². The molecule has 0 aliphatic carbocycles. The van der Waals surface area contributed by atoms with Gasteiger partial charge in [-0.25, -0.2) is 4.98 Å². The molecule has 0 spiro atoms. The van der Waals surface area contributed by atoms with Gasteiger partial charge in [-0.15, -0.1) is 0 Å². The molecule has 7 nitrogen and oxygen atoms in total. The molecule has 0 aliphatic heterocycles. The minimum absolute atomic E-state index is 0.226. The maximum absolute atomic E-state index is 14.1. The summed E-state index contributed by atoms with van der Waals surface area (Å²) in [6, 6.07) is 25.8. The monoisotopic (exact) mass is 497 g/mol. The summed E-state index contributed by atoms with van der Waals surface area (Å²) >= 11 is 1.36. The van der Waals surface area contributed by atoms with Gasteiger partial charge in [0, 0.05) is 6.20 Å². The van der Waals surface area contributed by atoms with Crippen molar-refractivity contribution in [1.82, 2.24) is 9.97 Å². The van der Waals surface area contributed by atoms with E-state index in [1.54, 1.807) is 43.5 Å². The molecule has 2 aromatic heterocycles. The first kappa shape index (κ1) is 23.3. The van der Waals surface area contributed by atoms with E-state index in [2.05, 4.69) is 4.98 Å². The summed E-state index contributed by atoms with van der Waals surface area (Å²) in [5.74, 6) is 2.10. The summed E-state index contributed by atoms with van der Waals surface area (Å²) in [5, 5.41) is 0.498. The van der Waals surface area contributed by atoms with Crippen LogP contribution in [0.5, 0.6) is 23.0 Å². The predicted molar refractivity (Wildman–Crippen MR) is 140 cm³/mol. The van der Waals surface area contributed by atoms with E-state index in [9.17, 15) is 4.79 Å². The lowest BCUT2D eigenvalue weighted by atomic mass is 10.1. The van der Waals surface area contributed by atoms with Crippen molar-refractivity contribution in [3.8, 4) is 23.0 Å². The van der Waals surface area contributed by atoms with E-state index in [0.717, 1.165) is 10.4 Å². The lowest BCUT2D eigenvalue weighted by molar-refractivity contribution is 0.0982. The minimum Gasteiger partial charge on any atom is -0.495 e. The zero-order valence-corrected chi connectivity index (χ0v) is 20.6. The zero-order valence-electron chi connectivity index (χ0n) is 19.8. The second-order valence-corrected chi connectivity index (χ2v) is 8.75. The number of nitrogens with zero attached hydrogens (tertiary/aromatic N) is 3. The number of benzene rings is 3. The third-order valence-corrected chi connectivity index (χ3v) is 6.60. The first-order valence-electron chi connectivity index (χ1n) is 11.2. The van der Waals surface area contributed by atoms with Gasteiger partial charge in [-0.2, -0.15) is 0 Å². The number of aromatic nitrogens is 2. The average Bonchev–Trinajstić information content (AvgIpc) is 3.38. The van der Waals surface area contributed by atoms with E-state index in [4.69, 9.17) is 19.2 Å². The largest absolute Gasteiger partial charge is 0.495 e. The Morgan fingerprint density at radius 2 is 1.56 bits per heavy atom. The highest BCUT2D eigenvalue weighted by atomic mass is 32.1. The lowest BCUT2D eigenvalue weighted by Gasteiger charge is -2.21. The first-order valence-corrected chi connectivity index (χ1v) is 12.0. The summed E-state index contributed by atoms with van der Waals surface area (Å²) in [7, 11) is 3.20. The number of hydrogen-bond donors (Lipinski definition) is 0. The molecular formula is C28H23N3O4S. The van der Waals surface area contributed by atoms with Gasteiger partial charge in [0.15, 0.2) is 5.13 Å². The quantitative estimate of drug-likeness (QED) is 0.249. The maximum atomic E-state index is 14.1. The highest BCUT2D eigenvalue weighted by Gasteiger charge is 2.26. The average molecular weight is 498 g/mol. The van der Waals surface area contributed by atoms with Gasteiger partial charge in [-0.1, -0.05) is 47.7 Å². The van der Waals surface area contributed by atoms with Crippen LogP contribution < -0.4 is 19.1 Å². The van der Waals surface area contributed by atoms with Crippen LogP contribution in [0.1, 0.15) is 16.1 Å². The highest BCUT2D eigenvalue weighted by molar-refractivity contribution is 7.22. The second kappa shape index (κ2) is 10.5. The molecule has 0 fully saturated rings. The molecule has 36 heavy (non-hydrogen) atoms. The number of methoxy groups -OCH3 is 2. The fourth-order valence-corrected chi connectivity index (χ4v) is 4.83. The second-order valence-electron chi connectivity index (χ2n) is 7.77. The van der Waals surface area contributed by atoms with E-state index in [1.807, 2.05) is 66.7 Å². The Bertz CT molecular complexity index is 1450. The molecule has 0 atom stereocenters. The van der Waals surface area contributed by atoms with Gasteiger partial charge >= 0.3 is 0 Å². The fraction of sp³-hybridized carbons (Fsp3) is 0.107. The number of ether oxygens (including phenoxy) is 3. The van der Waals surface area contributed by atoms with Crippen LogP contribution in [0.2, 0.25) is 0 Å². The number of carbonyl (C=O) groups excluding carboxylic acids is 1. The van der Waals surface area contributed by atoms with Gasteiger partial charge < -0.3 is 14.2 Å². The van der Waals surface area contributed by atoms with Crippen LogP contribution in [-0.2, 0) is 6.54 Å². The summed E-state index contributed by atoms with van der Waals surface area (Å²) in [5.41, 5.74) is 1.77. The van der Waals surface area contributed by atoms with Gasteiger partial charge in [0.05, 0.1) is 32.0 Å². The van der Waals surface area contributed by atoms with E-state index >= 15 is 0 Å². The topological polar surface area (TPSA) is 73.8 Å². The Morgan fingerprint density at radius 1 is 0.833 bits per heavy atom. The van der Waals surface area contributed by atoms with Crippen molar-refractivity contribution in [2.24, 2.45) is 0 Å². The molecule has 8 heteroatoms. The molecule has 5 aromatic rings. The summed E-state index contributed by atoms with van der Waals surface area (Å²) < 4.78 is 17.9. The normalized spacial score (nSPS) is 10.7. The Hall–Kier alpha value is -4.43. The van der Waals surface area contributed by atoms with Crippen LogP contribution in [0, 0.1) is 0 Å². The number of amides is 1. The van der Waals surface area contributed by atoms with Crippen molar-refractivity contribution < 1.29 is 19.0 Å². The number of fused-ring (bicyclic) bond motifs is 1. The van der Waals surface area contributed by atoms with Gasteiger partial charge in [-0.3, -0.25) is 14.7 Å². The molecule has 3 aromatic carbocycles.